The maximum Gasteiger partial charge on any atom is 0.338 e. The van der Waals surface area contributed by atoms with Crippen molar-refractivity contribution in [1.29, 1.82) is 0 Å². The number of hydrogen-bond donors (Lipinski definition) is 3. The van der Waals surface area contributed by atoms with Crippen LogP contribution < -0.4 is 0 Å². The average molecular weight is 471 g/mol. The molecule has 1 aromatic carbocycles. The number of benzene rings is 1. The Balaban J connectivity index is 1.76. The molecule has 1 aromatic rings. The first kappa shape index (κ1) is 24.6. The Morgan fingerprint density at radius 3 is 2.41 bits per heavy atom. The molecule has 0 bridgehead atoms. The van der Waals surface area contributed by atoms with Crippen LogP contribution >= 0.6 is 0 Å². The molecule has 1 heterocycles. The fraction of sp³-hybridized carbons (Fsp3) is 0.556. The van der Waals surface area contributed by atoms with E-state index in [9.17, 15) is 24.9 Å². The molecule has 2 fully saturated rings. The standard InChI is InChI=1S/C27H34O7/c1-24(13-12-17-14-22(29)33-16-17)19-10-11-20(28)27(4,32)26(19,3)21(15-25(24,2)31)34-23(30)18-8-6-5-7-9-18/h5-9,12-14,19-21,28,31-32H,10-11,15-16H2,1-4H3/b13-12+/t19-,20-,21+,24+,25+,26+,27+/m1/s1. The summed E-state index contributed by atoms with van der Waals surface area (Å²) >= 11 is 0. The van der Waals surface area contributed by atoms with Crippen LogP contribution in [-0.2, 0) is 14.3 Å². The van der Waals surface area contributed by atoms with E-state index < -0.39 is 46.2 Å². The van der Waals surface area contributed by atoms with E-state index >= 15 is 0 Å². The van der Waals surface area contributed by atoms with E-state index in [2.05, 4.69) is 0 Å². The lowest BCUT2D eigenvalue weighted by Gasteiger charge is -2.67. The summed E-state index contributed by atoms with van der Waals surface area (Å²) in [6, 6.07) is 8.60. The van der Waals surface area contributed by atoms with Crippen molar-refractivity contribution in [3.05, 3.63) is 59.7 Å². The molecule has 0 unspecified atom stereocenters. The van der Waals surface area contributed by atoms with Gasteiger partial charge in [0, 0.05) is 23.3 Å². The highest BCUT2D eigenvalue weighted by molar-refractivity contribution is 5.89. The smallest absolute Gasteiger partial charge is 0.338 e. The molecule has 0 spiro atoms. The van der Waals surface area contributed by atoms with Gasteiger partial charge in [0.2, 0.25) is 0 Å². The van der Waals surface area contributed by atoms with Crippen molar-refractivity contribution in [2.45, 2.75) is 70.4 Å². The van der Waals surface area contributed by atoms with Crippen molar-refractivity contribution in [1.82, 2.24) is 0 Å². The first-order valence-electron chi connectivity index (χ1n) is 11.8. The lowest BCUT2D eigenvalue weighted by molar-refractivity contribution is -0.288. The van der Waals surface area contributed by atoms with Crippen LogP contribution in [0.3, 0.4) is 0 Å². The second kappa shape index (κ2) is 8.33. The van der Waals surface area contributed by atoms with Crippen LogP contribution in [-0.4, -0.2) is 57.3 Å². The minimum absolute atomic E-state index is 0.0662. The van der Waals surface area contributed by atoms with Crippen molar-refractivity contribution < 1.29 is 34.4 Å². The quantitative estimate of drug-likeness (QED) is 0.580. The van der Waals surface area contributed by atoms with Gasteiger partial charge in [-0.15, -0.1) is 0 Å². The Hall–Kier alpha value is -2.48. The molecule has 2 saturated carbocycles. The van der Waals surface area contributed by atoms with Gasteiger partial charge in [0.05, 0.1) is 22.9 Å². The van der Waals surface area contributed by atoms with Gasteiger partial charge in [-0.25, -0.2) is 9.59 Å². The predicted molar refractivity (Wildman–Crippen MR) is 125 cm³/mol. The van der Waals surface area contributed by atoms with Crippen molar-refractivity contribution in [2.24, 2.45) is 16.7 Å². The molecule has 2 aliphatic carbocycles. The highest BCUT2D eigenvalue weighted by Crippen LogP contribution is 2.65. The van der Waals surface area contributed by atoms with Crippen molar-refractivity contribution >= 4 is 11.9 Å². The van der Waals surface area contributed by atoms with E-state index in [-0.39, 0.29) is 18.9 Å². The lowest BCUT2D eigenvalue weighted by atomic mass is 9.41. The largest absolute Gasteiger partial charge is 0.458 e. The molecule has 0 amide bonds. The molecule has 0 saturated heterocycles. The first-order valence-corrected chi connectivity index (χ1v) is 11.8. The highest BCUT2D eigenvalue weighted by Gasteiger charge is 2.70. The van der Waals surface area contributed by atoms with Gasteiger partial charge in [-0.2, -0.15) is 0 Å². The van der Waals surface area contributed by atoms with Gasteiger partial charge in [-0.05, 0) is 50.3 Å². The van der Waals surface area contributed by atoms with Crippen LogP contribution in [0.4, 0.5) is 0 Å². The third-order valence-corrected chi connectivity index (χ3v) is 8.91. The summed E-state index contributed by atoms with van der Waals surface area (Å²) < 4.78 is 11.0. The zero-order valence-corrected chi connectivity index (χ0v) is 20.2. The lowest BCUT2D eigenvalue weighted by Crippen LogP contribution is -2.73. The third kappa shape index (κ3) is 3.70. The fourth-order valence-electron chi connectivity index (χ4n) is 6.26. The first-order chi connectivity index (χ1) is 15.8. The van der Waals surface area contributed by atoms with E-state index in [1.807, 2.05) is 19.9 Å². The van der Waals surface area contributed by atoms with Crippen LogP contribution in [0.15, 0.2) is 54.1 Å². The second-order valence-electron chi connectivity index (χ2n) is 10.8. The summed E-state index contributed by atoms with van der Waals surface area (Å²) in [4.78, 5) is 24.5. The van der Waals surface area contributed by atoms with Gasteiger partial charge in [0.1, 0.15) is 12.7 Å². The summed E-state index contributed by atoms with van der Waals surface area (Å²) in [6.07, 6.45) is 4.16. The molecule has 3 aliphatic rings. The average Bonchev–Trinajstić information content (AvgIpc) is 3.20. The number of cyclic esters (lactones) is 1. The Bertz CT molecular complexity index is 1020. The summed E-state index contributed by atoms with van der Waals surface area (Å²) in [5.74, 6) is -1.28. The van der Waals surface area contributed by atoms with Crippen LogP contribution in [0.25, 0.3) is 0 Å². The number of fused-ring (bicyclic) bond motifs is 1. The van der Waals surface area contributed by atoms with Crippen molar-refractivity contribution in [3.8, 4) is 0 Å². The third-order valence-electron chi connectivity index (χ3n) is 8.91. The van der Waals surface area contributed by atoms with Crippen LogP contribution in [0.1, 0.15) is 57.3 Å². The van der Waals surface area contributed by atoms with Gasteiger partial charge >= 0.3 is 11.9 Å². The molecule has 7 heteroatoms. The number of aliphatic hydroxyl groups excluding tert-OH is 1. The predicted octanol–water partition coefficient (Wildman–Crippen LogP) is 2.94. The number of hydrogen-bond acceptors (Lipinski definition) is 7. The van der Waals surface area contributed by atoms with E-state index in [0.29, 0.717) is 24.0 Å². The maximum atomic E-state index is 13.0. The van der Waals surface area contributed by atoms with Crippen LogP contribution in [0.5, 0.6) is 0 Å². The number of aliphatic hydroxyl groups is 3. The molecular weight excluding hydrogens is 436 g/mol. The molecule has 184 valence electrons. The summed E-state index contributed by atoms with van der Waals surface area (Å²) in [5, 5.41) is 34.2. The Kier molecular flexibility index (Phi) is 6.03. The van der Waals surface area contributed by atoms with Gasteiger partial charge in [0.15, 0.2) is 0 Å². The van der Waals surface area contributed by atoms with E-state index in [1.165, 1.54) is 6.08 Å². The number of ether oxygens (including phenoxy) is 2. The molecular formula is C27H34O7. The molecule has 7 nitrogen and oxygen atoms in total. The van der Waals surface area contributed by atoms with Crippen molar-refractivity contribution in [2.75, 3.05) is 6.61 Å². The summed E-state index contributed by atoms with van der Waals surface area (Å²) in [6.45, 7) is 7.23. The number of carbonyl (C=O) groups is 2. The van der Waals surface area contributed by atoms with Gasteiger partial charge in [0.25, 0.3) is 0 Å². The number of carbonyl (C=O) groups excluding carboxylic acids is 2. The van der Waals surface area contributed by atoms with Crippen molar-refractivity contribution in [3.63, 3.8) is 0 Å². The Morgan fingerprint density at radius 1 is 1.12 bits per heavy atom. The molecule has 4 rings (SSSR count). The summed E-state index contributed by atoms with van der Waals surface area (Å²) in [5.41, 5.74) is -3.72. The highest BCUT2D eigenvalue weighted by atomic mass is 16.5. The molecule has 0 radical (unpaired) electrons. The molecule has 3 N–H and O–H groups in total. The topological polar surface area (TPSA) is 113 Å². The molecule has 0 aromatic heterocycles. The molecule has 1 aliphatic heterocycles. The van der Waals surface area contributed by atoms with Gasteiger partial charge in [-0.3, -0.25) is 0 Å². The number of esters is 2. The second-order valence-corrected chi connectivity index (χ2v) is 10.8. The van der Waals surface area contributed by atoms with Crippen LogP contribution in [0, 0.1) is 16.7 Å². The van der Waals surface area contributed by atoms with Gasteiger partial charge < -0.3 is 24.8 Å². The fourth-order valence-corrected chi connectivity index (χ4v) is 6.26. The zero-order chi connectivity index (χ0) is 24.9. The maximum absolute atomic E-state index is 13.0. The van der Waals surface area contributed by atoms with Gasteiger partial charge in [-0.1, -0.05) is 44.2 Å². The van der Waals surface area contributed by atoms with E-state index in [1.54, 1.807) is 50.3 Å². The number of rotatable bonds is 4. The SMILES string of the molecule is C[C@@]12[C@@H](OC(=O)c3ccccc3)C[C@](C)(O)[C@@](C)(/C=C/C3=CC(=O)OC3)[C@H]1CC[C@@H](O)[C@]2(C)O. The Morgan fingerprint density at radius 2 is 1.79 bits per heavy atom. The minimum atomic E-state index is -1.57. The Labute approximate surface area is 200 Å². The normalized spacial score (nSPS) is 42.1. The molecule has 7 atom stereocenters. The monoisotopic (exact) mass is 470 g/mol. The minimum Gasteiger partial charge on any atom is -0.458 e. The summed E-state index contributed by atoms with van der Waals surface area (Å²) in [7, 11) is 0. The van der Waals surface area contributed by atoms with Crippen LogP contribution in [0.2, 0.25) is 0 Å². The van der Waals surface area contributed by atoms with E-state index in [4.69, 9.17) is 9.47 Å². The zero-order valence-electron chi connectivity index (χ0n) is 20.2. The van der Waals surface area contributed by atoms with E-state index in [0.717, 1.165) is 0 Å². The molecule has 34 heavy (non-hydrogen) atoms.